The van der Waals surface area contributed by atoms with E-state index in [0.717, 1.165) is 19.5 Å². The van der Waals surface area contributed by atoms with Crippen molar-refractivity contribution in [3.63, 3.8) is 0 Å². The van der Waals surface area contributed by atoms with Crippen molar-refractivity contribution in [2.24, 2.45) is 5.92 Å². The molecule has 0 aromatic heterocycles. The summed E-state index contributed by atoms with van der Waals surface area (Å²) in [4.78, 5) is 14.2. The zero-order valence-electron chi connectivity index (χ0n) is 12.1. The van der Waals surface area contributed by atoms with Gasteiger partial charge in [-0.3, -0.25) is 4.79 Å². The van der Waals surface area contributed by atoms with Crippen LogP contribution in [0.5, 0.6) is 0 Å². The highest BCUT2D eigenvalue weighted by atomic mass is 19.1. The van der Waals surface area contributed by atoms with Crippen molar-refractivity contribution < 1.29 is 14.3 Å². The number of hydrogen-bond acceptors (Lipinski definition) is 3. The molecule has 1 aromatic carbocycles. The Morgan fingerprint density at radius 1 is 1.55 bits per heavy atom. The van der Waals surface area contributed by atoms with E-state index in [2.05, 4.69) is 4.90 Å². The number of ketones is 1. The Labute approximate surface area is 119 Å². The van der Waals surface area contributed by atoms with Gasteiger partial charge in [0.2, 0.25) is 0 Å². The van der Waals surface area contributed by atoms with Gasteiger partial charge in [0.1, 0.15) is 5.82 Å². The number of aryl methyl sites for hydroxylation is 1. The van der Waals surface area contributed by atoms with Crippen LogP contribution in [0.25, 0.3) is 0 Å². The first-order valence-corrected chi connectivity index (χ1v) is 7.17. The number of halogens is 1. The highest BCUT2D eigenvalue weighted by Crippen LogP contribution is 2.20. The standard InChI is InChI=1S/C16H22FNO2/c1-11-3-4-13(9-15(11)17)16(20)6-8-18-7-5-14(10-18)12(2)19/h3-4,9,12,14,19H,5-8,10H2,1-2H3. The summed E-state index contributed by atoms with van der Waals surface area (Å²) in [5, 5.41) is 9.55. The third-order valence-electron chi connectivity index (χ3n) is 4.14. The molecule has 0 bridgehead atoms. The molecule has 1 heterocycles. The maximum atomic E-state index is 13.4. The Kier molecular flexibility index (Phi) is 4.89. The predicted octanol–water partition coefficient (Wildman–Crippen LogP) is 2.41. The van der Waals surface area contributed by atoms with E-state index < -0.39 is 0 Å². The van der Waals surface area contributed by atoms with E-state index in [1.54, 1.807) is 19.1 Å². The summed E-state index contributed by atoms with van der Waals surface area (Å²) in [6.45, 7) is 5.94. The number of benzene rings is 1. The van der Waals surface area contributed by atoms with Crippen molar-refractivity contribution in [2.75, 3.05) is 19.6 Å². The van der Waals surface area contributed by atoms with E-state index in [1.165, 1.54) is 6.07 Å². The minimum absolute atomic E-state index is 0.0237. The molecule has 1 N–H and O–H groups in total. The van der Waals surface area contributed by atoms with Crippen LogP contribution in [-0.2, 0) is 0 Å². The lowest BCUT2D eigenvalue weighted by atomic mass is 10.0. The van der Waals surface area contributed by atoms with E-state index >= 15 is 0 Å². The number of likely N-dealkylation sites (tertiary alicyclic amines) is 1. The molecule has 3 nitrogen and oxygen atoms in total. The van der Waals surface area contributed by atoms with Crippen LogP contribution in [0.15, 0.2) is 18.2 Å². The number of carbonyl (C=O) groups is 1. The smallest absolute Gasteiger partial charge is 0.164 e. The third kappa shape index (κ3) is 3.64. The molecular weight excluding hydrogens is 257 g/mol. The van der Waals surface area contributed by atoms with Crippen LogP contribution in [-0.4, -0.2) is 41.5 Å². The van der Waals surface area contributed by atoms with Crippen LogP contribution in [0.1, 0.15) is 35.7 Å². The van der Waals surface area contributed by atoms with Crippen molar-refractivity contribution in [3.05, 3.63) is 35.1 Å². The van der Waals surface area contributed by atoms with Gasteiger partial charge in [-0.25, -0.2) is 4.39 Å². The topological polar surface area (TPSA) is 40.5 Å². The van der Waals surface area contributed by atoms with Crippen LogP contribution >= 0.6 is 0 Å². The summed E-state index contributed by atoms with van der Waals surface area (Å²) in [6, 6.07) is 4.64. The van der Waals surface area contributed by atoms with Gasteiger partial charge in [-0.1, -0.05) is 12.1 Å². The molecule has 0 saturated carbocycles. The second-order valence-electron chi connectivity index (χ2n) is 5.73. The molecule has 1 saturated heterocycles. The summed E-state index contributed by atoms with van der Waals surface area (Å²) >= 11 is 0. The first-order chi connectivity index (χ1) is 9.47. The maximum absolute atomic E-state index is 13.4. The SMILES string of the molecule is Cc1ccc(C(=O)CCN2CCC(C(C)O)C2)cc1F. The van der Waals surface area contributed by atoms with Crippen LogP contribution in [0, 0.1) is 18.7 Å². The summed E-state index contributed by atoms with van der Waals surface area (Å²) in [5.74, 6) is -0.0440. The molecule has 0 amide bonds. The van der Waals surface area contributed by atoms with E-state index in [0.29, 0.717) is 30.0 Å². The molecule has 2 unspecified atom stereocenters. The van der Waals surface area contributed by atoms with Gasteiger partial charge in [0.15, 0.2) is 5.78 Å². The van der Waals surface area contributed by atoms with Gasteiger partial charge >= 0.3 is 0 Å². The van der Waals surface area contributed by atoms with Crippen molar-refractivity contribution in [1.29, 1.82) is 0 Å². The number of Topliss-reactive ketones (excluding diaryl/α,β-unsaturated/α-hetero) is 1. The zero-order chi connectivity index (χ0) is 14.7. The van der Waals surface area contributed by atoms with Gasteiger partial charge in [-0.05, 0) is 44.4 Å². The third-order valence-corrected chi connectivity index (χ3v) is 4.14. The number of carbonyl (C=O) groups excluding carboxylic acids is 1. The zero-order valence-corrected chi connectivity index (χ0v) is 12.1. The summed E-state index contributed by atoms with van der Waals surface area (Å²) < 4.78 is 13.4. The minimum Gasteiger partial charge on any atom is -0.393 e. The minimum atomic E-state index is -0.328. The highest BCUT2D eigenvalue weighted by molar-refractivity contribution is 5.96. The first-order valence-electron chi connectivity index (χ1n) is 7.17. The molecule has 1 fully saturated rings. The molecule has 1 aromatic rings. The van der Waals surface area contributed by atoms with Gasteiger partial charge < -0.3 is 10.0 Å². The average Bonchev–Trinajstić information content (AvgIpc) is 2.88. The average molecular weight is 279 g/mol. The molecular formula is C16H22FNO2. The van der Waals surface area contributed by atoms with Crippen molar-refractivity contribution in [2.45, 2.75) is 32.8 Å². The second kappa shape index (κ2) is 6.46. The quantitative estimate of drug-likeness (QED) is 0.841. The fraction of sp³-hybridized carbons (Fsp3) is 0.562. The molecule has 2 rings (SSSR count). The van der Waals surface area contributed by atoms with Crippen LogP contribution in [0.4, 0.5) is 4.39 Å². The van der Waals surface area contributed by atoms with E-state index in [1.807, 2.05) is 6.92 Å². The largest absolute Gasteiger partial charge is 0.393 e. The Balaban J connectivity index is 1.85. The summed E-state index contributed by atoms with van der Waals surface area (Å²) in [6.07, 6.45) is 1.09. The second-order valence-corrected chi connectivity index (χ2v) is 5.73. The maximum Gasteiger partial charge on any atom is 0.164 e. The van der Waals surface area contributed by atoms with Crippen molar-refractivity contribution >= 4 is 5.78 Å². The molecule has 4 heteroatoms. The monoisotopic (exact) mass is 279 g/mol. The summed E-state index contributed by atoms with van der Waals surface area (Å²) in [7, 11) is 0. The molecule has 2 atom stereocenters. The van der Waals surface area contributed by atoms with Gasteiger partial charge in [0.25, 0.3) is 0 Å². The molecule has 1 aliphatic heterocycles. The Bertz CT molecular complexity index is 487. The lowest BCUT2D eigenvalue weighted by Gasteiger charge is -2.16. The predicted molar refractivity (Wildman–Crippen MR) is 76.3 cm³/mol. The number of rotatable bonds is 5. The highest BCUT2D eigenvalue weighted by Gasteiger charge is 2.26. The Morgan fingerprint density at radius 2 is 2.30 bits per heavy atom. The van der Waals surface area contributed by atoms with Crippen molar-refractivity contribution in [1.82, 2.24) is 4.90 Å². The number of aliphatic hydroxyl groups is 1. The normalized spacial score (nSPS) is 21.1. The van der Waals surface area contributed by atoms with Gasteiger partial charge in [0, 0.05) is 25.1 Å². The van der Waals surface area contributed by atoms with Gasteiger partial charge in [0.05, 0.1) is 6.10 Å². The Morgan fingerprint density at radius 3 is 2.90 bits per heavy atom. The lowest BCUT2D eigenvalue weighted by Crippen LogP contribution is -2.26. The fourth-order valence-corrected chi connectivity index (χ4v) is 2.63. The molecule has 20 heavy (non-hydrogen) atoms. The number of nitrogens with zero attached hydrogens (tertiary/aromatic N) is 1. The van der Waals surface area contributed by atoms with Gasteiger partial charge in [-0.2, -0.15) is 0 Å². The number of aliphatic hydroxyl groups excluding tert-OH is 1. The fourth-order valence-electron chi connectivity index (χ4n) is 2.63. The molecule has 0 radical (unpaired) electrons. The first kappa shape index (κ1) is 15.1. The molecule has 1 aliphatic rings. The van der Waals surface area contributed by atoms with Crippen LogP contribution in [0.3, 0.4) is 0 Å². The Hall–Kier alpha value is -1.26. The lowest BCUT2D eigenvalue weighted by molar-refractivity contribution is 0.0963. The van der Waals surface area contributed by atoms with E-state index in [4.69, 9.17) is 0 Å². The molecule has 0 aliphatic carbocycles. The van der Waals surface area contributed by atoms with Gasteiger partial charge in [-0.15, -0.1) is 0 Å². The van der Waals surface area contributed by atoms with E-state index in [9.17, 15) is 14.3 Å². The van der Waals surface area contributed by atoms with Crippen LogP contribution < -0.4 is 0 Å². The van der Waals surface area contributed by atoms with E-state index in [-0.39, 0.29) is 17.7 Å². The molecule has 110 valence electrons. The number of hydrogen-bond donors (Lipinski definition) is 1. The van der Waals surface area contributed by atoms with Crippen molar-refractivity contribution in [3.8, 4) is 0 Å². The summed E-state index contributed by atoms with van der Waals surface area (Å²) in [5.41, 5.74) is 1.00. The van der Waals surface area contributed by atoms with Crippen LogP contribution in [0.2, 0.25) is 0 Å². The molecule has 0 spiro atoms.